The molecule has 0 heterocycles. The highest BCUT2D eigenvalue weighted by Gasteiger charge is 2.22. The van der Waals surface area contributed by atoms with E-state index in [4.69, 9.17) is 21.2 Å². The van der Waals surface area contributed by atoms with E-state index < -0.39 is 15.8 Å². The second-order valence-electron chi connectivity index (χ2n) is 5.36. The molecule has 1 aliphatic rings. The number of halogens is 1. The Labute approximate surface area is 140 Å². The van der Waals surface area contributed by atoms with Crippen molar-refractivity contribution < 1.29 is 22.8 Å². The van der Waals surface area contributed by atoms with Gasteiger partial charge in [-0.2, -0.15) is 0 Å². The largest absolute Gasteiger partial charge is 0.464 e. The van der Waals surface area contributed by atoms with Gasteiger partial charge in [-0.15, -0.1) is 0 Å². The highest BCUT2D eigenvalue weighted by Crippen LogP contribution is 2.24. The van der Waals surface area contributed by atoms with E-state index in [-0.39, 0.29) is 21.7 Å². The summed E-state index contributed by atoms with van der Waals surface area (Å²) in [6.45, 7) is 0. The van der Waals surface area contributed by atoms with Gasteiger partial charge in [0, 0.05) is 11.8 Å². The van der Waals surface area contributed by atoms with Gasteiger partial charge in [0.15, 0.2) is 15.5 Å². The minimum absolute atomic E-state index is 0.0103. The van der Waals surface area contributed by atoms with E-state index in [0.29, 0.717) is 5.56 Å². The zero-order valence-corrected chi connectivity index (χ0v) is 14.5. The first kappa shape index (κ1) is 17.7. The van der Waals surface area contributed by atoms with Crippen molar-refractivity contribution >= 4 is 33.1 Å². The van der Waals surface area contributed by atoms with Gasteiger partial charge in [-0.3, -0.25) is 0 Å². The van der Waals surface area contributed by atoms with Crippen molar-refractivity contribution in [3.05, 3.63) is 28.8 Å². The Balaban J connectivity index is 2.34. The van der Waals surface area contributed by atoms with Crippen LogP contribution in [0.15, 0.2) is 28.3 Å². The zero-order chi connectivity index (χ0) is 17.0. The van der Waals surface area contributed by atoms with Gasteiger partial charge in [-0.05, 0) is 37.8 Å². The Morgan fingerprint density at radius 2 is 1.96 bits per heavy atom. The second kappa shape index (κ2) is 7.31. The molecule has 6 nitrogen and oxygen atoms in total. The predicted molar refractivity (Wildman–Crippen MR) is 86.5 cm³/mol. The molecule has 0 radical (unpaired) electrons. The third-order valence-corrected chi connectivity index (χ3v) is 5.16. The number of rotatable bonds is 5. The van der Waals surface area contributed by atoms with Gasteiger partial charge in [0.25, 0.3) is 0 Å². The third-order valence-electron chi connectivity index (χ3n) is 3.58. The number of hydrogen-bond acceptors (Lipinski definition) is 6. The molecule has 1 aromatic rings. The molecule has 0 amide bonds. The number of ether oxygens (including phenoxy) is 1. The van der Waals surface area contributed by atoms with Crippen molar-refractivity contribution in [1.82, 2.24) is 0 Å². The van der Waals surface area contributed by atoms with Crippen LogP contribution in [0.3, 0.4) is 0 Å². The normalized spacial score (nSPS) is 16.4. The monoisotopic (exact) mass is 359 g/mol. The Bertz CT molecular complexity index is 723. The molecule has 0 aliphatic heterocycles. The lowest BCUT2D eigenvalue weighted by atomic mass is 10.1. The van der Waals surface area contributed by atoms with Gasteiger partial charge in [-0.25, -0.2) is 13.2 Å². The van der Waals surface area contributed by atoms with E-state index >= 15 is 0 Å². The van der Waals surface area contributed by atoms with Crippen LogP contribution >= 0.6 is 11.6 Å². The molecule has 126 valence electrons. The van der Waals surface area contributed by atoms with Crippen LogP contribution in [-0.4, -0.2) is 39.6 Å². The summed E-state index contributed by atoms with van der Waals surface area (Å²) in [5, 5.41) is 3.93. The number of nitrogens with zero attached hydrogens (tertiary/aromatic N) is 1. The number of benzene rings is 1. The van der Waals surface area contributed by atoms with Gasteiger partial charge in [0.1, 0.15) is 6.10 Å². The molecule has 1 fully saturated rings. The standard InChI is InChI=1S/C15H18ClNO5S/c1-21-15(18)14(17-22-11-5-3-4-6-11)10-7-8-13(12(16)9-10)23(2,19)20/h7-9,11H,3-6H2,1-2H3. The third kappa shape index (κ3) is 4.45. The minimum atomic E-state index is -3.45. The van der Waals surface area contributed by atoms with Crippen molar-refractivity contribution in [3.8, 4) is 0 Å². The number of carbonyl (C=O) groups is 1. The Hall–Kier alpha value is -1.60. The van der Waals surface area contributed by atoms with Crippen molar-refractivity contribution in [2.45, 2.75) is 36.7 Å². The maximum Gasteiger partial charge on any atom is 0.360 e. The Morgan fingerprint density at radius 1 is 1.30 bits per heavy atom. The first-order chi connectivity index (χ1) is 10.8. The molecule has 8 heteroatoms. The summed E-state index contributed by atoms with van der Waals surface area (Å²) in [7, 11) is -2.21. The number of sulfone groups is 1. The van der Waals surface area contributed by atoms with Gasteiger partial charge < -0.3 is 9.57 Å². The van der Waals surface area contributed by atoms with Crippen molar-refractivity contribution in [2.24, 2.45) is 5.16 Å². The summed E-state index contributed by atoms with van der Waals surface area (Å²) >= 11 is 6.01. The first-order valence-electron chi connectivity index (χ1n) is 7.15. The molecule has 1 saturated carbocycles. The Kier molecular flexibility index (Phi) is 5.64. The fraction of sp³-hybridized carbons (Fsp3) is 0.467. The van der Waals surface area contributed by atoms with Gasteiger partial charge in [0.05, 0.1) is 17.0 Å². The lowest BCUT2D eigenvalue weighted by molar-refractivity contribution is -0.132. The van der Waals surface area contributed by atoms with Crippen LogP contribution in [0.4, 0.5) is 0 Å². The van der Waals surface area contributed by atoms with E-state index in [2.05, 4.69) is 5.16 Å². The van der Waals surface area contributed by atoms with Crippen molar-refractivity contribution in [2.75, 3.05) is 13.4 Å². The van der Waals surface area contributed by atoms with E-state index in [0.717, 1.165) is 31.9 Å². The highest BCUT2D eigenvalue weighted by atomic mass is 35.5. The average Bonchev–Trinajstić information content (AvgIpc) is 2.99. The summed E-state index contributed by atoms with van der Waals surface area (Å²) in [5.74, 6) is -0.675. The summed E-state index contributed by atoms with van der Waals surface area (Å²) in [5.41, 5.74) is 0.300. The van der Waals surface area contributed by atoms with Gasteiger partial charge in [-0.1, -0.05) is 22.8 Å². The summed E-state index contributed by atoms with van der Waals surface area (Å²) in [6.07, 6.45) is 4.98. The zero-order valence-electron chi connectivity index (χ0n) is 12.9. The molecule has 0 saturated heterocycles. The van der Waals surface area contributed by atoms with E-state index in [9.17, 15) is 13.2 Å². The van der Waals surface area contributed by atoms with E-state index in [1.165, 1.54) is 25.3 Å². The predicted octanol–water partition coefficient (Wildman–Crippen LogP) is 2.58. The molecule has 0 bridgehead atoms. The molecular formula is C15H18ClNO5S. The maximum absolute atomic E-state index is 11.9. The molecular weight excluding hydrogens is 342 g/mol. The van der Waals surface area contributed by atoms with Crippen LogP contribution < -0.4 is 0 Å². The van der Waals surface area contributed by atoms with Gasteiger partial charge in [0.2, 0.25) is 0 Å². The first-order valence-corrected chi connectivity index (χ1v) is 9.42. The smallest absolute Gasteiger partial charge is 0.360 e. The van der Waals surface area contributed by atoms with E-state index in [1.54, 1.807) is 0 Å². The molecule has 1 aliphatic carbocycles. The fourth-order valence-corrected chi connectivity index (χ4v) is 3.70. The SMILES string of the molecule is COC(=O)C(=NOC1CCCC1)c1ccc(S(C)(=O)=O)c(Cl)c1. The summed E-state index contributed by atoms with van der Waals surface area (Å²) in [4.78, 5) is 17.3. The molecule has 0 spiro atoms. The molecule has 0 N–H and O–H groups in total. The molecule has 2 rings (SSSR count). The number of esters is 1. The molecule has 23 heavy (non-hydrogen) atoms. The maximum atomic E-state index is 11.9. The number of hydrogen-bond donors (Lipinski definition) is 0. The number of carbonyl (C=O) groups excluding carboxylic acids is 1. The van der Waals surface area contributed by atoms with Crippen LogP contribution in [0.1, 0.15) is 31.2 Å². The fourth-order valence-electron chi connectivity index (χ4n) is 2.37. The van der Waals surface area contributed by atoms with Crippen LogP contribution in [0, 0.1) is 0 Å². The van der Waals surface area contributed by atoms with Crippen LogP contribution in [0.5, 0.6) is 0 Å². The van der Waals surface area contributed by atoms with Gasteiger partial charge >= 0.3 is 5.97 Å². The summed E-state index contributed by atoms with van der Waals surface area (Å²) < 4.78 is 27.9. The lowest BCUT2D eigenvalue weighted by Gasteiger charge is -2.10. The number of methoxy groups -OCH3 is 1. The second-order valence-corrected chi connectivity index (χ2v) is 7.75. The molecule has 1 aromatic carbocycles. The number of oxime groups is 1. The van der Waals surface area contributed by atoms with Crippen LogP contribution in [0.25, 0.3) is 0 Å². The Morgan fingerprint density at radius 3 is 2.48 bits per heavy atom. The summed E-state index contributed by atoms with van der Waals surface area (Å²) in [6, 6.07) is 4.16. The lowest BCUT2D eigenvalue weighted by Crippen LogP contribution is -2.19. The molecule has 0 atom stereocenters. The van der Waals surface area contributed by atoms with Crippen molar-refractivity contribution in [3.63, 3.8) is 0 Å². The topological polar surface area (TPSA) is 82.0 Å². The molecule has 0 unspecified atom stereocenters. The van der Waals surface area contributed by atoms with Crippen LogP contribution in [0.2, 0.25) is 5.02 Å². The van der Waals surface area contributed by atoms with Crippen LogP contribution in [-0.2, 0) is 24.2 Å². The average molecular weight is 360 g/mol. The highest BCUT2D eigenvalue weighted by molar-refractivity contribution is 7.90. The van der Waals surface area contributed by atoms with E-state index in [1.807, 2.05) is 0 Å². The quantitative estimate of drug-likeness (QED) is 0.458. The minimum Gasteiger partial charge on any atom is -0.464 e. The van der Waals surface area contributed by atoms with Crippen molar-refractivity contribution in [1.29, 1.82) is 0 Å². The molecule has 0 aromatic heterocycles.